The van der Waals surface area contributed by atoms with Crippen molar-refractivity contribution in [2.75, 3.05) is 11.9 Å². The molecule has 4 nitrogen and oxygen atoms in total. The summed E-state index contributed by atoms with van der Waals surface area (Å²) in [6, 6.07) is 0. The first-order valence-corrected chi connectivity index (χ1v) is 8.11. The molecule has 1 N–H and O–H groups in total. The highest BCUT2D eigenvalue weighted by atomic mass is 35.5. The average molecular weight is 296 g/mol. The summed E-state index contributed by atoms with van der Waals surface area (Å²) in [7, 11) is 0. The lowest BCUT2D eigenvalue weighted by atomic mass is 9.85. The number of halogens is 1. The van der Waals surface area contributed by atoms with Crippen LogP contribution in [0.4, 0.5) is 5.69 Å². The monoisotopic (exact) mass is 295 g/mol. The second-order valence-corrected chi connectivity index (χ2v) is 6.59. The van der Waals surface area contributed by atoms with Crippen LogP contribution in [-0.2, 0) is 6.54 Å². The molecule has 5 heteroatoms. The molecule has 0 aromatic carbocycles. The van der Waals surface area contributed by atoms with Gasteiger partial charge in [0.15, 0.2) is 0 Å². The van der Waals surface area contributed by atoms with Crippen molar-refractivity contribution in [3.63, 3.8) is 0 Å². The standard InChI is InChI=1S/C15H22ClN3O/c16-13-9-18-19(10-12-6-3-7-12)15(20)14(13)17-8-11-4-1-2-5-11/h9,11-12,17H,1-8,10H2. The normalized spacial score (nSPS) is 20.1. The molecule has 0 aliphatic heterocycles. The van der Waals surface area contributed by atoms with Crippen molar-refractivity contribution in [1.82, 2.24) is 9.78 Å². The Bertz CT molecular complexity index is 518. The van der Waals surface area contributed by atoms with Gasteiger partial charge >= 0.3 is 0 Å². The Morgan fingerprint density at radius 1 is 1.20 bits per heavy atom. The van der Waals surface area contributed by atoms with E-state index in [4.69, 9.17) is 11.6 Å². The summed E-state index contributed by atoms with van der Waals surface area (Å²) in [5, 5.41) is 7.88. The number of nitrogens with zero attached hydrogens (tertiary/aromatic N) is 2. The highest BCUT2D eigenvalue weighted by Gasteiger charge is 2.21. The average Bonchev–Trinajstić information content (AvgIpc) is 2.89. The zero-order valence-corrected chi connectivity index (χ0v) is 12.5. The van der Waals surface area contributed by atoms with E-state index < -0.39 is 0 Å². The van der Waals surface area contributed by atoms with Gasteiger partial charge in [-0.15, -0.1) is 0 Å². The van der Waals surface area contributed by atoms with E-state index in [2.05, 4.69) is 10.4 Å². The van der Waals surface area contributed by atoms with Crippen molar-refractivity contribution in [3.05, 3.63) is 21.6 Å². The lowest BCUT2D eigenvalue weighted by Gasteiger charge is -2.25. The third-order valence-corrected chi connectivity index (χ3v) is 4.98. The Labute approximate surface area is 124 Å². The second kappa shape index (κ2) is 6.17. The van der Waals surface area contributed by atoms with Gasteiger partial charge in [0.2, 0.25) is 0 Å². The quantitative estimate of drug-likeness (QED) is 0.906. The summed E-state index contributed by atoms with van der Waals surface area (Å²) in [6.45, 7) is 1.58. The molecule has 1 aromatic heterocycles. The van der Waals surface area contributed by atoms with Crippen LogP contribution in [0.5, 0.6) is 0 Å². The third kappa shape index (κ3) is 3.00. The maximum absolute atomic E-state index is 12.4. The second-order valence-electron chi connectivity index (χ2n) is 6.18. The van der Waals surface area contributed by atoms with Crippen LogP contribution in [-0.4, -0.2) is 16.3 Å². The van der Waals surface area contributed by atoms with Crippen LogP contribution < -0.4 is 10.9 Å². The fourth-order valence-corrected chi connectivity index (χ4v) is 3.33. The van der Waals surface area contributed by atoms with Crippen molar-refractivity contribution >= 4 is 17.3 Å². The van der Waals surface area contributed by atoms with Gasteiger partial charge in [0.05, 0.1) is 11.2 Å². The van der Waals surface area contributed by atoms with Gasteiger partial charge in [0.1, 0.15) is 5.69 Å². The van der Waals surface area contributed by atoms with E-state index in [1.54, 1.807) is 10.9 Å². The van der Waals surface area contributed by atoms with Gasteiger partial charge < -0.3 is 5.32 Å². The van der Waals surface area contributed by atoms with Crippen LogP contribution in [0.15, 0.2) is 11.0 Å². The molecule has 20 heavy (non-hydrogen) atoms. The van der Waals surface area contributed by atoms with E-state index in [-0.39, 0.29) is 5.56 Å². The maximum atomic E-state index is 12.4. The largest absolute Gasteiger partial charge is 0.379 e. The summed E-state index contributed by atoms with van der Waals surface area (Å²) in [4.78, 5) is 12.4. The van der Waals surface area contributed by atoms with Crippen molar-refractivity contribution in [2.45, 2.75) is 51.5 Å². The number of hydrogen-bond donors (Lipinski definition) is 1. The van der Waals surface area contributed by atoms with Crippen LogP contribution >= 0.6 is 11.6 Å². The van der Waals surface area contributed by atoms with E-state index in [0.29, 0.717) is 22.5 Å². The zero-order chi connectivity index (χ0) is 13.9. The van der Waals surface area contributed by atoms with E-state index in [1.807, 2.05) is 0 Å². The summed E-state index contributed by atoms with van der Waals surface area (Å²) in [5.74, 6) is 1.29. The van der Waals surface area contributed by atoms with Gasteiger partial charge in [0, 0.05) is 13.1 Å². The molecule has 2 saturated carbocycles. The van der Waals surface area contributed by atoms with Gasteiger partial charge in [-0.05, 0) is 37.5 Å². The molecule has 0 radical (unpaired) electrons. The highest BCUT2D eigenvalue weighted by Crippen LogP contribution is 2.28. The Morgan fingerprint density at radius 2 is 1.90 bits per heavy atom. The van der Waals surface area contributed by atoms with Gasteiger partial charge in [-0.3, -0.25) is 4.79 Å². The molecule has 3 rings (SSSR count). The zero-order valence-electron chi connectivity index (χ0n) is 11.8. The molecule has 2 aliphatic carbocycles. The number of aromatic nitrogens is 2. The number of nitrogens with one attached hydrogen (secondary N) is 1. The first-order valence-electron chi connectivity index (χ1n) is 7.73. The highest BCUT2D eigenvalue weighted by molar-refractivity contribution is 6.32. The summed E-state index contributed by atoms with van der Waals surface area (Å²) in [6.07, 6.45) is 10.4. The number of anilines is 1. The fraction of sp³-hybridized carbons (Fsp3) is 0.733. The Hall–Kier alpha value is -1.03. The SMILES string of the molecule is O=c1c(NCC2CCCC2)c(Cl)cnn1CC1CCC1. The minimum atomic E-state index is -0.0672. The van der Waals surface area contributed by atoms with Crippen molar-refractivity contribution < 1.29 is 0 Å². The molecule has 0 spiro atoms. The number of hydrogen-bond acceptors (Lipinski definition) is 3. The molecule has 0 saturated heterocycles. The fourth-order valence-electron chi connectivity index (χ4n) is 3.14. The molecular weight excluding hydrogens is 274 g/mol. The van der Waals surface area contributed by atoms with Crippen LogP contribution in [0.25, 0.3) is 0 Å². The third-order valence-electron chi connectivity index (χ3n) is 4.70. The smallest absolute Gasteiger partial charge is 0.291 e. The minimum Gasteiger partial charge on any atom is -0.379 e. The lowest BCUT2D eigenvalue weighted by molar-refractivity contribution is 0.262. The van der Waals surface area contributed by atoms with Gasteiger partial charge in [-0.2, -0.15) is 5.10 Å². The summed E-state index contributed by atoms with van der Waals surface area (Å²) in [5.41, 5.74) is 0.468. The van der Waals surface area contributed by atoms with Gasteiger partial charge in [0.25, 0.3) is 5.56 Å². The van der Waals surface area contributed by atoms with E-state index in [1.165, 1.54) is 44.9 Å². The molecule has 0 bridgehead atoms. The van der Waals surface area contributed by atoms with Crippen LogP contribution in [0.1, 0.15) is 44.9 Å². The van der Waals surface area contributed by atoms with E-state index in [9.17, 15) is 4.79 Å². The molecule has 2 fully saturated rings. The molecular formula is C15H22ClN3O. The minimum absolute atomic E-state index is 0.0672. The molecule has 2 aliphatic rings. The molecule has 0 unspecified atom stereocenters. The summed E-state index contributed by atoms with van der Waals surface area (Å²) < 4.78 is 1.58. The maximum Gasteiger partial charge on any atom is 0.291 e. The molecule has 0 atom stereocenters. The Balaban J connectivity index is 1.70. The first-order chi connectivity index (χ1) is 9.74. The van der Waals surface area contributed by atoms with Gasteiger partial charge in [-0.25, -0.2) is 4.68 Å². The van der Waals surface area contributed by atoms with Crippen molar-refractivity contribution in [1.29, 1.82) is 0 Å². The summed E-state index contributed by atoms with van der Waals surface area (Å²) >= 11 is 6.13. The van der Waals surface area contributed by atoms with Crippen LogP contribution in [0.3, 0.4) is 0 Å². The van der Waals surface area contributed by atoms with Crippen molar-refractivity contribution in [2.24, 2.45) is 11.8 Å². The molecule has 110 valence electrons. The predicted octanol–water partition coefficient (Wildman–Crippen LogP) is 3.30. The van der Waals surface area contributed by atoms with Crippen LogP contribution in [0.2, 0.25) is 5.02 Å². The number of rotatable bonds is 5. The first kappa shape index (κ1) is 13.9. The van der Waals surface area contributed by atoms with Gasteiger partial charge in [-0.1, -0.05) is 30.9 Å². The molecule has 0 amide bonds. The topological polar surface area (TPSA) is 46.9 Å². The Kier molecular flexibility index (Phi) is 4.29. The van der Waals surface area contributed by atoms with Crippen molar-refractivity contribution in [3.8, 4) is 0 Å². The van der Waals surface area contributed by atoms with E-state index in [0.717, 1.165) is 13.1 Å². The van der Waals surface area contributed by atoms with Crippen LogP contribution in [0, 0.1) is 11.8 Å². The predicted molar refractivity (Wildman–Crippen MR) is 81.3 cm³/mol. The lowest BCUT2D eigenvalue weighted by Crippen LogP contribution is -2.31. The molecule has 1 aromatic rings. The van der Waals surface area contributed by atoms with E-state index >= 15 is 0 Å². The molecule has 1 heterocycles. The Morgan fingerprint density at radius 3 is 2.55 bits per heavy atom.